The maximum absolute atomic E-state index is 13.6. The molecule has 168 valence electrons. The first-order valence-electron chi connectivity index (χ1n) is 12.8. The lowest BCUT2D eigenvalue weighted by Crippen LogP contribution is -2.54. The van der Waals surface area contributed by atoms with E-state index in [9.17, 15) is 9.90 Å². The van der Waals surface area contributed by atoms with E-state index in [1.165, 1.54) is 36.8 Å². The van der Waals surface area contributed by atoms with Crippen LogP contribution in [-0.2, 0) is 4.79 Å². The van der Waals surface area contributed by atoms with Crippen LogP contribution in [0.25, 0.3) is 6.08 Å². The van der Waals surface area contributed by atoms with Gasteiger partial charge in [-0.15, -0.1) is 0 Å². The SMILES string of the molecule is CC(C)c1ccc(/C=C2\CC3C4CCC5CC(O)CCC5(C)C4CCC3(C)C2=O)cc1. The van der Waals surface area contributed by atoms with Gasteiger partial charge in [-0.05, 0) is 109 Å². The Hall–Kier alpha value is -1.41. The minimum Gasteiger partial charge on any atom is -0.393 e. The molecule has 4 fully saturated rings. The Balaban J connectivity index is 1.41. The Labute approximate surface area is 188 Å². The molecule has 4 aliphatic carbocycles. The standard InChI is InChI=1S/C29H40O2/c1-18(2)20-7-5-19(6-8-20)15-21-16-26-24-10-9-22-17-23(30)11-13-28(22,3)25(24)12-14-29(26,4)27(21)31/h5-8,15,18,22-26,30H,9-14,16-17H2,1-4H3/b21-15+. The van der Waals surface area contributed by atoms with Crippen LogP contribution in [0.2, 0.25) is 0 Å². The predicted molar refractivity (Wildman–Crippen MR) is 127 cm³/mol. The maximum Gasteiger partial charge on any atom is 0.165 e. The molecule has 0 spiro atoms. The molecule has 0 radical (unpaired) electrons. The van der Waals surface area contributed by atoms with E-state index in [4.69, 9.17) is 0 Å². The molecule has 4 saturated carbocycles. The van der Waals surface area contributed by atoms with Crippen molar-refractivity contribution >= 4 is 11.9 Å². The van der Waals surface area contributed by atoms with Crippen LogP contribution in [0, 0.1) is 34.5 Å². The number of carbonyl (C=O) groups is 1. The highest BCUT2D eigenvalue weighted by molar-refractivity contribution is 6.05. The van der Waals surface area contributed by atoms with E-state index < -0.39 is 0 Å². The van der Waals surface area contributed by atoms with Crippen molar-refractivity contribution in [2.24, 2.45) is 34.5 Å². The molecule has 4 aliphatic rings. The van der Waals surface area contributed by atoms with Crippen LogP contribution in [0.5, 0.6) is 0 Å². The number of fused-ring (bicyclic) bond motifs is 5. The van der Waals surface area contributed by atoms with E-state index in [1.54, 1.807) is 0 Å². The van der Waals surface area contributed by atoms with Crippen molar-refractivity contribution in [2.45, 2.75) is 91.1 Å². The lowest BCUT2D eigenvalue weighted by molar-refractivity contribution is -0.141. The van der Waals surface area contributed by atoms with Gasteiger partial charge in [-0.3, -0.25) is 4.79 Å². The number of Topliss-reactive ketones (excluding diaryl/α,β-unsaturated/α-hetero) is 1. The fourth-order valence-electron chi connectivity index (χ4n) is 8.21. The average Bonchev–Trinajstić information content (AvgIpc) is 2.99. The number of allylic oxidation sites excluding steroid dienone is 1. The molecular formula is C29H40O2. The van der Waals surface area contributed by atoms with Gasteiger partial charge in [0.15, 0.2) is 5.78 Å². The Morgan fingerprint density at radius 2 is 1.74 bits per heavy atom. The quantitative estimate of drug-likeness (QED) is 0.536. The molecule has 0 heterocycles. The molecular weight excluding hydrogens is 380 g/mol. The molecule has 7 unspecified atom stereocenters. The summed E-state index contributed by atoms with van der Waals surface area (Å²) in [5.74, 6) is 3.54. The summed E-state index contributed by atoms with van der Waals surface area (Å²) < 4.78 is 0. The summed E-state index contributed by atoms with van der Waals surface area (Å²) in [5, 5.41) is 10.3. The second-order valence-corrected chi connectivity index (χ2v) is 12.1. The second-order valence-electron chi connectivity index (χ2n) is 12.1. The van der Waals surface area contributed by atoms with Crippen LogP contribution in [-0.4, -0.2) is 17.0 Å². The fourth-order valence-corrected chi connectivity index (χ4v) is 8.21. The van der Waals surface area contributed by atoms with Crippen LogP contribution in [0.15, 0.2) is 29.8 Å². The largest absolute Gasteiger partial charge is 0.393 e. The molecule has 2 nitrogen and oxygen atoms in total. The monoisotopic (exact) mass is 420 g/mol. The van der Waals surface area contributed by atoms with E-state index in [-0.39, 0.29) is 11.5 Å². The Morgan fingerprint density at radius 3 is 2.45 bits per heavy atom. The molecule has 0 aliphatic heterocycles. The van der Waals surface area contributed by atoms with Gasteiger partial charge < -0.3 is 5.11 Å². The summed E-state index contributed by atoms with van der Waals surface area (Å²) in [6.07, 6.45) is 10.9. The van der Waals surface area contributed by atoms with Gasteiger partial charge in [0.2, 0.25) is 0 Å². The molecule has 1 N–H and O–H groups in total. The first-order chi connectivity index (χ1) is 14.7. The van der Waals surface area contributed by atoms with Gasteiger partial charge in [0.25, 0.3) is 0 Å². The topological polar surface area (TPSA) is 37.3 Å². The molecule has 1 aromatic rings. The van der Waals surface area contributed by atoms with E-state index in [0.29, 0.717) is 34.9 Å². The van der Waals surface area contributed by atoms with E-state index in [0.717, 1.165) is 37.2 Å². The molecule has 31 heavy (non-hydrogen) atoms. The normalized spacial score (nSPS) is 43.6. The van der Waals surface area contributed by atoms with Crippen LogP contribution < -0.4 is 0 Å². The molecule has 1 aromatic carbocycles. The molecule has 0 bridgehead atoms. The Morgan fingerprint density at radius 1 is 1.00 bits per heavy atom. The van der Waals surface area contributed by atoms with Gasteiger partial charge in [0.1, 0.15) is 0 Å². The average molecular weight is 421 g/mol. The fraction of sp³-hybridized carbons (Fsp3) is 0.690. The zero-order valence-electron chi connectivity index (χ0n) is 19.9. The number of rotatable bonds is 2. The van der Waals surface area contributed by atoms with Gasteiger partial charge in [-0.25, -0.2) is 0 Å². The predicted octanol–water partition coefficient (Wildman–Crippen LogP) is 6.78. The van der Waals surface area contributed by atoms with Crippen molar-refractivity contribution < 1.29 is 9.90 Å². The number of hydrogen-bond acceptors (Lipinski definition) is 2. The number of hydrogen-bond donors (Lipinski definition) is 1. The minimum absolute atomic E-state index is 0.0897. The zero-order chi connectivity index (χ0) is 22.0. The van der Waals surface area contributed by atoms with Crippen molar-refractivity contribution in [2.75, 3.05) is 0 Å². The number of ketones is 1. The summed E-state index contributed by atoms with van der Waals surface area (Å²) in [6, 6.07) is 8.78. The molecule has 0 aromatic heterocycles. The lowest BCUT2D eigenvalue weighted by atomic mass is 9.45. The third-order valence-corrected chi connectivity index (χ3v) is 10.2. The van der Waals surface area contributed by atoms with Crippen molar-refractivity contribution in [1.29, 1.82) is 0 Å². The van der Waals surface area contributed by atoms with Gasteiger partial charge in [0, 0.05) is 5.41 Å². The van der Waals surface area contributed by atoms with Crippen LogP contribution in [0.3, 0.4) is 0 Å². The van der Waals surface area contributed by atoms with Crippen molar-refractivity contribution in [1.82, 2.24) is 0 Å². The van der Waals surface area contributed by atoms with E-state index in [2.05, 4.69) is 58.0 Å². The first-order valence-corrected chi connectivity index (χ1v) is 12.8. The molecule has 5 rings (SSSR count). The Bertz CT molecular complexity index is 881. The number of carbonyl (C=O) groups excluding carboxylic acids is 1. The van der Waals surface area contributed by atoms with E-state index >= 15 is 0 Å². The van der Waals surface area contributed by atoms with Crippen LogP contribution >= 0.6 is 0 Å². The zero-order valence-corrected chi connectivity index (χ0v) is 19.9. The summed E-state index contributed by atoms with van der Waals surface area (Å²) in [4.78, 5) is 13.6. The Kier molecular flexibility index (Phi) is 5.24. The molecule has 7 atom stereocenters. The maximum atomic E-state index is 13.6. The molecule has 0 amide bonds. The second kappa shape index (κ2) is 7.58. The van der Waals surface area contributed by atoms with Crippen molar-refractivity contribution in [3.63, 3.8) is 0 Å². The summed E-state index contributed by atoms with van der Waals surface area (Å²) in [7, 11) is 0. The molecule has 2 heteroatoms. The highest BCUT2D eigenvalue weighted by Crippen LogP contribution is 2.66. The molecule has 0 saturated heterocycles. The van der Waals surface area contributed by atoms with Crippen molar-refractivity contribution in [3.05, 3.63) is 41.0 Å². The lowest BCUT2D eigenvalue weighted by Gasteiger charge is -2.59. The third-order valence-electron chi connectivity index (χ3n) is 10.2. The summed E-state index contributed by atoms with van der Waals surface area (Å²) in [6.45, 7) is 9.24. The third kappa shape index (κ3) is 3.36. The van der Waals surface area contributed by atoms with Gasteiger partial charge >= 0.3 is 0 Å². The number of aliphatic hydroxyl groups excluding tert-OH is 1. The highest BCUT2D eigenvalue weighted by Gasteiger charge is 2.61. The summed E-state index contributed by atoms with van der Waals surface area (Å²) >= 11 is 0. The van der Waals surface area contributed by atoms with Gasteiger partial charge in [0.05, 0.1) is 6.10 Å². The van der Waals surface area contributed by atoms with E-state index in [1.807, 2.05) is 0 Å². The van der Waals surface area contributed by atoms with Crippen LogP contribution in [0.4, 0.5) is 0 Å². The first kappa shape index (κ1) is 21.4. The number of benzene rings is 1. The summed E-state index contributed by atoms with van der Waals surface area (Å²) in [5.41, 5.74) is 3.79. The van der Waals surface area contributed by atoms with Gasteiger partial charge in [-0.2, -0.15) is 0 Å². The van der Waals surface area contributed by atoms with Gasteiger partial charge in [-0.1, -0.05) is 52.0 Å². The van der Waals surface area contributed by atoms with Crippen molar-refractivity contribution in [3.8, 4) is 0 Å². The number of aliphatic hydroxyl groups is 1. The smallest absolute Gasteiger partial charge is 0.165 e. The highest BCUT2D eigenvalue weighted by atomic mass is 16.3. The minimum atomic E-state index is -0.164. The van der Waals surface area contributed by atoms with Crippen LogP contribution in [0.1, 0.15) is 96.1 Å².